The van der Waals surface area contributed by atoms with Gasteiger partial charge in [-0.05, 0) is 46.0 Å². The van der Waals surface area contributed by atoms with E-state index in [1.807, 2.05) is 0 Å². The lowest BCUT2D eigenvalue weighted by Gasteiger charge is -2.40. The molecule has 0 aromatic carbocycles. The minimum atomic E-state index is -0.545. The Kier molecular flexibility index (Phi) is 4.28. The van der Waals surface area contributed by atoms with E-state index in [9.17, 15) is 9.90 Å². The standard InChI is InChI=1S/C14H25NO3/c1-9-4-5-10(2)15(9)11-6-7-12(13(16)8-11)14(17)18-3/h9-13,16H,4-8H2,1-3H3. The summed E-state index contributed by atoms with van der Waals surface area (Å²) in [7, 11) is 1.39. The third kappa shape index (κ3) is 2.54. The molecule has 0 bridgehead atoms. The number of methoxy groups -OCH3 is 1. The molecule has 0 aromatic heterocycles. The van der Waals surface area contributed by atoms with E-state index in [4.69, 9.17) is 4.74 Å². The Bertz CT molecular complexity index is 297. The zero-order valence-electron chi connectivity index (χ0n) is 11.6. The molecule has 0 aromatic rings. The molecular weight excluding hydrogens is 230 g/mol. The van der Waals surface area contributed by atoms with Crippen LogP contribution in [0.2, 0.25) is 0 Å². The lowest BCUT2D eigenvalue weighted by atomic mass is 9.82. The minimum absolute atomic E-state index is 0.261. The highest BCUT2D eigenvalue weighted by atomic mass is 16.5. The molecule has 1 N–H and O–H groups in total. The van der Waals surface area contributed by atoms with Gasteiger partial charge in [0, 0.05) is 18.1 Å². The highest BCUT2D eigenvalue weighted by Gasteiger charge is 2.40. The Morgan fingerprint density at radius 3 is 2.28 bits per heavy atom. The van der Waals surface area contributed by atoms with Gasteiger partial charge in [0.05, 0.1) is 19.1 Å². The van der Waals surface area contributed by atoms with E-state index in [0.717, 1.165) is 12.8 Å². The zero-order chi connectivity index (χ0) is 13.3. The molecule has 18 heavy (non-hydrogen) atoms. The van der Waals surface area contributed by atoms with Crippen molar-refractivity contribution in [2.45, 2.75) is 70.2 Å². The van der Waals surface area contributed by atoms with Gasteiger partial charge in [-0.3, -0.25) is 9.69 Å². The SMILES string of the molecule is COC(=O)C1CCC(N2C(C)CCC2C)CC1O. The Labute approximate surface area is 109 Å². The van der Waals surface area contributed by atoms with Gasteiger partial charge in [-0.25, -0.2) is 0 Å². The molecule has 2 rings (SSSR count). The molecule has 0 radical (unpaired) electrons. The molecule has 0 spiro atoms. The normalized spacial score (nSPS) is 41.9. The van der Waals surface area contributed by atoms with Gasteiger partial charge in [-0.1, -0.05) is 0 Å². The average Bonchev–Trinajstić information content (AvgIpc) is 2.68. The van der Waals surface area contributed by atoms with Gasteiger partial charge < -0.3 is 9.84 Å². The fourth-order valence-electron chi connectivity index (χ4n) is 3.76. The van der Waals surface area contributed by atoms with Crippen molar-refractivity contribution < 1.29 is 14.6 Å². The van der Waals surface area contributed by atoms with Crippen LogP contribution in [0.4, 0.5) is 0 Å². The van der Waals surface area contributed by atoms with Crippen molar-refractivity contribution >= 4 is 5.97 Å². The lowest BCUT2D eigenvalue weighted by Crippen LogP contribution is -2.48. The molecule has 2 fully saturated rings. The van der Waals surface area contributed by atoms with Gasteiger partial charge in [0.2, 0.25) is 0 Å². The Hall–Kier alpha value is -0.610. The van der Waals surface area contributed by atoms with Gasteiger partial charge in [-0.2, -0.15) is 0 Å². The van der Waals surface area contributed by atoms with Gasteiger partial charge in [0.25, 0.3) is 0 Å². The first kappa shape index (κ1) is 13.8. The van der Waals surface area contributed by atoms with Gasteiger partial charge in [0.1, 0.15) is 0 Å². The summed E-state index contributed by atoms with van der Waals surface area (Å²) in [6.07, 6.45) is 4.38. The number of nitrogens with zero attached hydrogens (tertiary/aromatic N) is 1. The molecule has 5 atom stereocenters. The molecule has 4 nitrogen and oxygen atoms in total. The molecular formula is C14H25NO3. The van der Waals surface area contributed by atoms with Gasteiger partial charge >= 0.3 is 5.97 Å². The van der Waals surface area contributed by atoms with E-state index in [2.05, 4.69) is 18.7 Å². The third-order valence-electron chi connectivity index (χ3n) is 4.73. The number of hydrogen-bond donors (Lipinski definition) is 1. The lowest BCUT2D eigenvalue weighted by molar-refractivity contribution is -0.152. The molecule has 1 aliphatic heterocycles. The van der Waals surface area contributed by atoms with Crippen molar-refractivity contribution in [2.75, 3.05) is 7.11 Å². The summed E-state index contributed by atoms with van der Waals surface area (Å²) in [6, 6.07) is 1.63. The van der Waals surface area contributed by atoms with Crippen LogP contribution in [-0.2, 0) is 9.53 Å². The molecule has 1 heterocycles. The zero-order valence-corrected chi connectivity index (χ0v) is 11.6. The molecule has 0 amide bonds. The van der Waals surface area contributed by atoms with Gasteiger partial charge in [0.15, 0.2) is 0 Å². The fraction of sp³-hybridized carbons (Fsp3) is 0.929. The van der Waals surface area contributed by atoms with Crippen LogP contribution in [0.5, 0.6) is 0 Å². The predicted octanol–water partition coefficient (Wildman–Crippen LogP) is 1.56. The Morgan fingerprint density at radius 2 is 1.78 bits per heavy atom. The molecule has 1 saturated heterocycles. The van der Waals surface area contributed by atoms with E-state index in [0.29, 0.717) is 24.5 Å². The molecule has 104 valence electrons. The van der Waals surface area contributed by atoms with Crippen LogP contribution in [0.25, 0.3) is 0 Å². The maximum absolute atomic E-state index is 11.5. The average molecular weight is 255 g/mol. The first-order chi connectivity index (χ1) is 8.54. The van der Waals surface area contributed by atoms with E-state index in [1.165, 1.54) is 20.0 Å². The second-order valence-electron chi connectivity index (χ2n) is 5.89. The number of esters is 1. The summed E-state index contributed by atoms with van der Waals surface area (Å²) in [5, 5.41) is 10.1. The quantitative estimate of drug-likeness (QED) is 0.761. The van der Waals surface area contributed by atoms with E-state index in [-0.39, 0.29) is 11.9 Å². The maximum atomic E-state index is 11.5. The Balaban J connectivity index is 1.97. The topological polar surface area (TPSA) is 49.8 Å². The van der Waals surface area contributed by atoms with Crippen LogP contribution in [0.3, 0.4) is 0 Å². The van der Waals surface area contributed by atoms with Crippen molar-refractivity contribution in [1.82, 2.24) is 4.90 Å². The number of carbonyl (C=O) groups excluding carboxylic acids is 1. The highest BCUT2D eigenvalue weighted by molar-refractivity contribution is 5.73. The second-order valence-corrected chi connectivity index (χ2v) is 5.89. The number of aliphatic hydroxyl groups excluding tert-OH is 1. The summed E-state index contributed by atoms with van der Waals surface area (Å²) in [4.78, 5) is 14.1. The van der Waals surface area contributed by atoms with Crippen molar-refractivity contribution in [2.24, 2.45) is 5.92 Å². The summed E-state index contributed by atoms with van der Waals surface area (Å²) >= 11 is 0. The largest absolute Gasteiger partial charge is 0.469 e. The Morgan fingerprint density at radius 1 is 1.17 bits per heavy atom. The molecule has 5 unspecified atom stereocenters. The van der Waals surface area contributed by atoms with Crippen LogP contribution >= 0.6 is 0 Å². The molecule has 1 saturated carbocycles. The fourth-order valence-corrected chi connectivity index (χ4v) is 3.76. The van der Waals surface area contributed by atoms with Crippen molar-refractivity contribution in [1.29, 1.82) is 0 Å². The number of aliphatic hydroxyl groups is 1. The smallest absolute Gasteiger partial charge is 0.311 e. The summed E-state index contributed by atoms with van der Waals surface area (Å²) < 4.78 is 4.75. The summed E-state index contributed by atoms with van der Waals surface area (Å²) in [5.41, 5.74) is 0. The number of ether oxygens (including phenoxy) is 1. The molecule has 2 aliphatic rings. The van der Waals surface area contributed by atoms with Crippen molar-refractivity contribution in [3.8, 4) is 0 Å². The molecule has 4 heteroatoms. The van der Waals surface area contributed by atoms with Crippen LogP contribution in [-0.4, -0.2) is 47.3 Å². The van der Waals surface area contributed by atoms with E-state index < -0.39 is 6.10 Å². The maximum Gasteiger partial charge on any atom is 0.311 e. The molecule has 1 aliphatic carbocycles. The number of hydrogen-bond acceptors (Lipinski definition) is 4. The van der Waals surface area contributed by atoms with Gasteiger partial charge in [-0.15, -0.1) is 0 Å². The predicted molar refractivity (Wildman–Crippen MR) is 69.1 cm³/mol. The summed E-state index contributed by atoms with van der Waals surface area (Å²) in [5.74, 6) is -0.581. The third-order valence-corrected chi connectivity index (χ3v) is 4.73. The van der Waals surface area contributed by atoms with Crippen LogP contribution in [0.1, 0.15) is 46.0 Å². The number of carbonyl (C=O) groups is 1. The van der Waals surface area contributed by atoms with Crippen LogP contribution in [0.15, 0.2) is 0 Å². The number of likely N-dealkylation sites (tertiary alicyclic amines) is 1. The summed E-state index contributed by atoms with van der Waals surface area (Å²) in [6.45, 7) is 4.53. The van der Waals surface area contributed by atoms with Crippen LogP contribution in [0, 0.1) is 5.92 Å². The monoisotopic (exact) mass is 255 g/mol. The first-order valence-electron chi connectivity index (χ1n) is 7.08. The van der Waals surface area contributed by atoms with Crippen molar-refractivity contribution in [3.05, 3.63) is 0 Å². The van der Waals surface area contributed by atoms with Crippen LogP contribution < -0.4 is 0 Å². The minimum Gasteiger partial charge on any atom is -0.469 e. The van der Waals surface area contributed by atoms with E-state index in [1.54, 1.807) is 0 Å². The second kappa shape index (κ2) is 5.57. The number of rotatable bonds is 2. The van der Waals surface area contributed by atoms with Crippen molar-refractivity contribution in [3.63, 3.8) is 0 Å². The van der Waals surface area contributed by atoms with E-state index >= 15 is 0 Å². The first-order valence-corrected chi connectivity index (χ1v) is 7.08. The highest BCUT2D eigenvalue weighted by Crippen LogP contribution is 2.35.